The first-order valence-electron chi connectivity index (χ1n) is 10.2. The van der Waals surface area contributed by atoms with Crippen molar-refractivity contribution in [1.29, 1.82) is 0 Å². The van der Waals surface area contributed by atoms with Gasteiger partial charge in [0.15, 0.2) is 5.78 Å². The van der Waals surface area contributed by atoms with Crippen molar-refractivity contribution in [1.82, 2.24) is 15.1 Å². The molecule has 1 saturated heterocycles. The second-order valence-corrected chi connectivity index (χ2v) is 8.02. The van der Waals surface area contributed by atoms with Crippen LogP contribution in [-0.2, 0) is 9.59 Å². The van der Waals surface area contributed by atoms with Crippen molar-refractivity contribution in [2.75, 3.05) is 33.2 Å². The number of carbonyl (C=O) groups excluding carboxylic acids is 3. The predicted octanol–water partition coefficient (Wildman–Crippen LogP) is 2.34. The molecule has 1 atom stereocenters. The number of amides is 2. The minimum absolute atomic E-state index is 0.00973. The van der Waals surface area contributed by atoms with Gasteiger partial charge in [0.05, 0.1) is 0 Å². The number of benzene rings is 1. The van der Waals surface area contributed by atoms with Gasteiger partial charge in [-0.2, -0.15) is 0 Å². The molecule has 1 aliphatic heterocycles. The van der Waals surface area contributed by atoms with Crippen molar-refractivity contribution in [2.45, 2.75) is 45.6 Å². The van der Waals surface area contributed by atoms with Gasteiger partial charge in [-0.25, -0.2) is 0 Å². The third-order valence-electron chi connectivity index (χ3n) is 5.06. The van der Waals surface area contributed by atoms with Gasteiger partial charge in [-0.15, -0.1) is 0 Å². The minimum Gasteiger partial charge on any atom is -0.344 e. The number of Topliss-reactive ketones (excluding diaryl/α,β-unsaturated/α-hetero) is 1. The molecule has 1 fully saturated rings. The zero-order valence-corrected chi connectivity index (χ0v) is 17.3. The van der Waals surface area contributed by atoms with E-state index in [4.69, 9.17) is 0 Å². The highest BCUT2D eigenvalue weighted by atomic mass is 16.2. The van der Waals surface area contributed by atoms with E-state index in [1.165, 1.54) is 0 Å². The predicted molar refractivity (Wildman–Crippen MR) is 110 cm³/mol. The molecule has 1 heterocycles. The second kappa shape index (κ2) is 11.0. The summed E-state index contributed by atoms with van der Waals surface area (Å²) in [5, 5.41) is 2.92. The summed E-state index contributed by atoms with van der Waals surface area (Å²) in [5.41, 5.74) is 0.672. The molecule has 0 unspecified atom stereocenters. The van der Waals surface area contributed by atoms with Crippen LogP contribution >= 0.6 is 0 Å². The van der Waals surface area contributed by atoms with Crippen LogP contribution in [0.4, 0.5) is 0 Å². The van der Waals surface area contributed by atoms with Gasteiger partial charge in [0.1, 0.15) is 6.04 Å². The normalized spacial score (nSPS) is 16.1. The number of hydrogen-bond acceptors (Lipinski definition) is 4. The zero-order valence-electron chi connectivity index (χ0n) is 17.3. The lowest BCUT2D eigenvalue weighted by Gasteiger charge is -2.35. The van der Waals surface area contributed by atoms with E-state index >= 15 is 0 Å². The van der Waals surface area contributed by atoms with Crippen molar-refractivity contribution >= 4 is 17.6 Å². The van der Waals surface area contributed by atoms with Gasteiger partial charge in [0, 0.05) is 44.6 Å². The van der Waals surface area contributed by atoms with Gasteiger partial charge in [0.25, 0.3) is 0 Å². The molecule has 0 aliphatic carbocycles. The molecule has 1 aliphatic rings. The third kappa shape index (κ3) is 7.08. The Morgan fingerprint density at radius 1 is 1.00 bits per heavy atom. The van der Waals surface area contributed by atoms with Crippen LogP contribution in [0.25, 0.3) is 0 Å². The standard InChI is InChI=1S/C22H33N3O3/c1-17(2)16-19(22(28)25-14-12-24(3)13-15-25)23-21(27)11-7-10-20(26)18-8-5-4-6-9-18/h4-6,8-9,17,19H,7,10-16H2,1-3H3,(H,23,27)/t19-/m1/s1. The lowest BCUT2D eigenvalue weighted by atomic mass is 10.0. The monoisotopic (exact) mass is 387 g/mol. The van der Waals surface area contributed by atoms with Crippen LogP contribution < -0.4 is 5.32 Å². The number of carbonyl (C=O) groups is 3. The molecule has 0 radical (unpaired) electrons. The molecule has 2 amide bonds. The molecule has 2 rings (SSSR count). The molecule has 154 valence electrons. The van der Waals surface area contributed by atoms with Crippen LogP contribution in [0.3, 0.4) is 0 Å². The van der Waals surface area contributed by atoms with Crippen LogP contribution in [0.1, 0.15) is 49.9 Å². The second-order valence-electron chi connectivity index (χ2n) is 8.02. The Balaban J connectivity index is 1.83. The summed E-state index contributed by atoms with van der Waals surface area (Å²) in [6.07, 6.45) is 1.69. The maximum Gasteiger partial charge on any atom is 0.245 e. The van der Waals surface area contributed by atoms with Crippen LogP contribution in [0, 0.1) is 5.92 Å². The number of ketones is 1. The number of nitrogens with zero attached hydrogens (tertiary/aromatic N) is 2. The summed E-state index contributed by atoms with van der Waals surface area (Å²) in [6, 6.07) is 8.63. The van der Waals surface area contributed by atoms with E-state index in [9.17, 15) is 14.4 Å². The molecule has 6 heteroatoms. The molecule has 28 heavy (non-hydrogen) atoms. The Morgan fingerprint density at radius 2 is 1.64 bits per heavy atom. The Labute approximate surface area is 168 Å². The van der Waals surface area contributed by atoms with E-state index in [1.807, 2.05) is 30.1 Å². The number of likely N-dealkylation sites (N-methyl/N-ethyl adjacent to an activating group) is 1. The van der Waals surface area contributed by atoms with Crippen LogP contribution in [0.15, 0.2) is 30.3 Å². The van der Waals surface area contributed by atoms with E-state index in [-0.39, 0.29) is 24.0 Å². The number of rotatable bonds is 9. The summed E-state index contributed by atoms with van der Waals surface area (Å²) >= 11 is 0. The number of hydrogen-bond donors (Lipinski definition) is 1. The highest BCUT2D eigenvalue weighted by Crippen LogP contribution is 2.12. The Morgan fingerprint density at radius 3 is 2.25 bits per heavy atom. The van der Waals surface area contributed by atoms with Crippen LogP contribution in [0.2, 0.25) is 0 Å². The lowest BCUT2D eigenvalue weighted by molar-refractivity contribution is -0.138. The highest BCUT2D eigenvalue weighted by Gasteiger charge is 2.28. The third-order valence-corrected chi connectivity index (χ3v) is 5.06. The van der Waals surface area contributed by atoms with E-state index in [2.05, 4.69) is 24.1 Å². The lowest BCUT2D eigenvalue weighted by Crippen LogP contribution is -2.54. The van der Waals surface area contributed by atoms with Crippen molar-refractivity contribution in [2.24, 2.45) is 5.92 Å². The molecular formula is C22H33N3O3. The minimum atomic E-state index is -0.485. The van der Waals surface area contributed by atoms with Crippen molar-refractivity contribution in [3.05, 3.63) is 35.9 Å². The van der Waals surface area contributed by atoms with Gasteiger partial charge < -0.3 is 15.1 Å². The van der Waals surface area contributed by atoms with Gasteiger partial charge >= 0.3 is 0 Å². The Bertz CT molecular complexity index is 652. The van der Waals surface area contributed by atoms with Gasteiger partial charge in [0.2, 0.25) is 11.8 Å². The molecule has 1 aromatic carbocycles. The zero-order chi connectivity index (χ0) is 20.5. The maximum absolute atomic E-state index is 12.9. The van der Waals surface area contributed by atoms with E-state index in [0.29, 0.717) is 43.8 Å². The first kappa shape index (κ1) is 22.1. The number of nitrogens with one attached hydrogen (secondary N) is 1. The summed E-state index contributed by atoms with van der Waals surface area (Å²) in [6.45, 7) is 7.21. The maximum atomic E-state index is 12.9. The quantitative estimate of drug-likeness (QED) is 0.661. The van der Waals surface area contributed by atoms with Crippen LogP contribution in [0.5, 0.6) is 0 Å². The summed E-state index contributed by atoms with van der Waals surface area (Å²) in [7, 11) is 2.05. The molecule has 0 spiro atoms. The topological polar surface area (TPSA) is 69.7 Å². The smallest absolute Gasteiger partial charge is 0.245 e. The largest absolute Gasteiger partial charge is 0.344 e. The molecule has 0 aromatic heterocycles. The molecule has 1 N–H and O–H groups in total. The summed E-state index contributed by atoms with van der Waals surface area (Å²) in [4.78, 5) is 41.5. The fourth-order valence-corrected chi connectivity index (χ4v) is 3.38. The molecule has 1 aromatic rings. The fraction of sp³-hybridized carbons (Fsp3) is 0.591. The number of piperazine rings is 1. The fourth-order valence-electron chi connectivity index (χ4n) is 3.38. The molecule has 6 nitrogen and oxygen atoms in total. The summed E-state index contributed by atoms with van der Waals surface area (Å²) < 4.78 is 0. The van der Waals surface area contributed by atoms with Gasteiger partial charge in [-0.1, -0.05) is 44.2 Å². The van der Waals surface area contributed by atoms with Crippen molar-refractivity contribution in [3.63, 3.8) is 0 Å². The molecule has 0 bridgehead atoms. The molecular weight excluding hydrogens is 354 g/mol. The van der Waals surface area contributed by atoms with E-state index < -0.39 is 6.04 Å². The van der Waals surface area contributed by atoms with Gasteiger partial charge in [-0.3, -0.25) is 14.4 Å². The first-order valence-corrected chi connectivity index (χ1v) is 10.2. The van der Waals surface area contributed by atoms with Crippen LogP contribution in [-0.4, -0.2) is 66.7 Å². The van der Waals surface area contributed by atoms with E-state index in [0.717, 1.165) is 13.1 Å². The SMILES string of the molecule is CC(C)C[C@@H](NC(=O)CCCC(=O)c1ccccc1)C(=O)N1CCN(C)CC1. The Hall–Kier alpha value is -2.21. The van der Waals surface area contributed by atoms with Gasteiger partial charge in [-0.05, 0) is 25.8 Å². The molecule has 0 saturated carbocycles. The van der Waals surface area contributed by atoms with Crippen molar-refractivity contribution < 1.29 is 14.4 Å². The average molecular weight is 388 g/mol. The van der Waals surface area contributed by atoms with Crippen molar-refractivity contribution in [3.8, 4) is 0 Å². The highest BCUT2D eigenvalue weighted by molar-refractivity contribution is 5.96. The van der Waals surface area contributed by atoms with E-state index in [1.54, 1.807) is 12.1 Å². The first-order chi connectivity index (χ1) is 13.4. The average Bonchev–Trinajstić information content (AvgIpc) is 2.67. The Kier molecular flexibility index (Phi) is 8.64. The summed E-state index contributed by atoms with van der Waals surface area (Å²) in [5.74, 6) is 0.200.